The molecule has 1 saturated heterocycles. The van der Waals surface area contributed by atoms with Crippen molar-refractivity contribution in [1.29, 1.82) is 0 Å². The third-order valence-electron chi connectivity index (χ3n) is 3.34. The number of benzene rings is 1. The van der Waals surface area contributed by atoms with Crippen molar-refractivity contribution in [1.82, 2.24) is 25.6 Å². The summed E-state index contributed by atoms with van der Waals surface area (Å²) in [7, 11) is 0. The molecular formula is C14H17N5O. The zero-order valence-electron chi connectivity index (χ0n) is 11.1. The largest absolute Gasteiger partial charge is 0.355 e. The number of nitrogens with zero attached hydrogens (tertiary/aromatic N) is 3. The lowest BCUT2D eigenvalue weighted by Crippen LogP contribution is -2.47. The molecule has 20 heavy (non-hydrogen) atoms. The molecule has 104 valence electrons. The second-order valence-electron chi connectivity index (χ2n) is 4.83. The van der Waals surface area contributed by atoms with Crippen LogP contribution in [0.1, 0.15) is 18.5 Å². The van der Waals surface area contributed by atoms with Crippen molar-refractivity contribution in [2.75, 3.05) is 6.54 Å². The maximum atomic E-state index is 11.6. The van der Waals surface area contributed by atoms with E-state index in [0.29, 0.717) is 6.54 Å². The quantitative estimate of drug-likeness (QED) is 0.856. The molecule has 2 aromatic rings. The zero-order chi connectivity index (χ0) is 13.8. The number of aromatic nitrogens is 3. The van der Waals surface area contributed by atoms with E-state index < -0.39 is 0 Å². The van der Waals surface area contributed by atoms with Gasteiger partial charge in [-0.15, -0.1) is 0 Å². The highest BCUT2D eigenvalue weighted by Gasteiger charge is 2.21. The van der Waals surface area contributed by atoms with Gasteiger partial charge in [0.25, 0.3) is 0 Å². The number of hydrogen-bond acceptors (Lipinski definition) is 4. The van der Waals surface area contributed by atoms with Crippen LogP contribution in [0.15, 0.2) is 36.5 Å². The van der Waals surface area contributed by atoms with Gasteiger partial charge in [-0.05, 0) is 25.0 Å². The van der Waals surface area contributed by atoms with Gasteiger partial charge in [0, 0.05) is 13.1 Å². The minimum absolute atomic E-state index is 0.0756. The van der Waals surface area contributed by atoms with Gasteiger partial charge in [0.1, 0.15) is 0 Å². The highest BCUT2D eigenvalue weighted by atomic mass is 16.2. The number of nitrogens with one attached hydrogen (secondary N) is 2. The fourth-order valence-corrected chi connectivity index (χ4v) is 2.26. The minimum Gasteiger partial charge on any atom is -0.355 e. The fourth-order valence-electron chi connectivity index (χ4n) is 2.26. The zero-order valence-corrected chi connectivity index (χ0v) is 11.1. The van der Waals surface area contributed by atoms with E-state index in [0.717, 1.165) is 30.8 Å². The third-order valence-corrected chi connectivity index (χ3v) is 3.34. The molecule has 1 atom stereocenters. The van der Waals surface area contributed by atoms with Crippen LogP contribution in [0.2, 0.25) is 0 Å². The highest BCUT2D eigenvalue weighted by Crippen LogP contribution is 2.06. The van der Waals surface area contributed by atoms with Crippen LogP contribution in [0.4, 0.5) is 0 Å². The molecule has 0 spiro atoms. The van der Waals surface area contributed by atoms with E-state index in [4.69, 9.17) is 0 Å². The molecule has 1 unspecified atom stereocenters. The van der Waals surface area contributed by atoms with Gasteiger partial charge in [-0.3, -0.25) is 4.79 Å². The molecule has 0 aliphatic carbocycles. The molecular weight excluding hydrogens is 254 g/mol. The molecule has 1 aromatic heterocycles. The average Bonchev–Trinajstić information content (AvgIpc) is 2.96. The Morgan fingerprint density at radius 2 is 2.20 bits per heavy atom. The number of para-hydroxylation sites is 1. The SMILES string of the molecule is O=C1NCCCC1NCc1cnn(-c2ccccc2)n1. The van der Waals surface area contributed by atoms with Gasteiger partial charge in [-0.1, -0.05) is 18.2 Å². The van der Waals surface area contributed by atoms with E-state index in [1.165, 1.54) is 0 Å². The van der Waals surface area contributed by atoms with Crippen LogP contribution in [0.25, 0.3) is 5.69 Å². The summed E-state index contributed by atoms with van der Waals surface area (Å²) >= 11 is 0. The monoisotopic (exact) mass is 271 g/mol. The summed E-state index contributed by atoms with van der Waals surface area (Å²) in [5.74, 6) is 0.0756. The molecule has 3 rings (SSSR count). The van der Waals surface area contributed by atoms with Crippen LogP contribution in [-0.4, -0.2) is 33.5 Å². The van der Waals surface area contributed by atoms with E-state index in [1.54, 1.807) is 11.0 Å². The van der Waals surface area contributed by atoms with Crippen LogP contribution in [0, 0.1) is 0 Å². The Balaban J connectivity index is 1.61. The topological polar surface area (TPSA) is 71.8 Å². The van der Waals surface area contributed by atoms with Crippen molar-refractivity contribution < 1.29 is 4.79 Å². The summed E-state index contributed by atoms with van der Waals surface area (Å²) < 4.78 is 0. The Bertz CT molecular complexity index is 580. The van der Waals surface area contributed by atoms with Crippen molar-refractivity contribution in [3.8, 4) is 5.69 Å². The van der Waals surface area contributed by atoms with E-state index in [9.17, 15) is 4.79 Å². The van der Waals surface area contributed by atoms with Crippen LogP contribution in [-0.2, 0) is 11.3 Å². The lowest BCUT2D eigenvalue weighted by molar-refractivity contribution is -0.124. The first-order valence-corrected chi connectivity index (χ1v) is 6.81. The van der Waals surface area contributed by atoms with Crippen molar-refractivity contribution in [3.63, 3.8) is 0 Å². The van der Waals surface area contributed by atoms with Gasteiger partial charge < -0.3 is 10.6 Å². The molecule has 6 nitrogen and oxygen atoms in total. The smallest absolute Gasteiger partial charge is 0.237 e. The predicted molar refractivity (Wildman–Crippen MR) is 74.2 cm³/mol. The fraction of sp³-hybridized carbons (Fsp3) is 0.357. The van der Waals surface area contributed by atoms with Gasteiger partial charge in [0.2, 0.25) is 5.91 Å². The standard InChI is InChI=1S/C14H17N5O/c20-14-13(7-4-8-15-14)16-9-11-10-17-19(18-11)12-5-2-1-3-6-12/h1-3,5-6,10,13,16H,4,7-9H2,(H,15,20). The van der Waals surface area contributed by atoms with E-state index in [2.05, 4.69) is 20.8 Å². The summed E-state index contributed by atoms with van der Waals surface area (Å²) in [6.07, 6.45) is 3.61. The second kappa shape index (κ2) is 5.83. The van der Waals surface area contributed by atoms with Crippen molar-refractivity contribution >= 4 is 5.91 Å². The maximum Gasteiger partial charge on any atom is 0.237 e. The summed E-state index contributed by atoms with van der Waals surface area (Å²) in [4.78, 5) is 13.2. The Morgan fingerprint density at radius 3 is 3.00 bits per heavy atom. The van der Waals surface area contributed by atoms with Gasteiger partial charge in [0.05, 0.1) is 23.6 Å². The second-order valence-corrected chi connectivity index (χ2v) is 4.83. The van der Waals surface area contributed by atoms with Crippen LogP contribution < -0.4 is 10.6 Å². The van der Waals surface area contributed by atoms with Gasteiger partial charge in [-0.25, -0.2) is 0 Å². The summed E-state index contributed by atoms with van der Waals surface area (Å²) in [6.45, 7) is 1.33. The Labute approximate surface area is 117 Å². The average molecular weight is 271 g/mol. The summed E-state index contributed by atoms with van der Waals surface area (Å²) in [6, 6.07) is 9.63. The van der Waals surface area contributed by atoms with Gasteiger partial charge in [-0.2, -0.15) is 15.0 Å². The number of rotatable bonds is 4. The Hall–Kier alpha value is -2.21. The van der Waals surface area contributed by atoms with Gasteiger partial charge in [0.15, 0.2) is 0 Å². The number of piperidine rings is 1. The van der Waals surface area contributed by atoms with E-state index >= 15 is 0 Å². The molecule has 1 aliphatic heterocycles. The molecule has 0 bridgehead atoms. The third kappa shape index (κ3) is 2.85. The number of carbonyl (C=O) groups is 1. The number of amides is 1. The molecule has 1 fully saturated rings. The molecule has 2 heterocycles. The summed E-state index contributed by atoms with van der Waals surface area (Å²) in [5, 5.41) is 14.7. The highest BCUT2D eigenvalue weighted by molar-refractivity contribution is 5.82. The molecule has 1 aromatic carbocycles. The summed E-state index contributed by atoms with van der Waals surface area (Å²) in [5.41, 5.74) is 1.75. The first-order valence-electron chi connectivity index (χ1n) is 6.81. The normalized spacial score (nSPS) is 18.8. The van der Waals surface area contributed by atoms with Crippen LogP contribution in [0.3, 0.4) is 0 Å². The van der Waals surface area contributed by atoms with E-state index in [1.807, 2.05) is 30.3 Å². The Kier molecular flexibility index (Phi) is 3.73. The van der Waals surface area contributed by atoms with Crippen molar-refractivity contribution in [2.45, 2.75) is 25.4 Å². The number of hydrogen-bond donors (Lipinski definition) is 2. The first kappa shape index (κ1) is 12.8. The number of carbonyl (C=O) groups excluding carboxylic acids is 1. The van der Waals surface area contributed by atoms with Crippen LogP contribution >= 0.6 is 0 Å². The lowest BCUT2D eigenvalue weighted by Gasteiger charge is -2.22. The minimum atomic E-state index is -0.120. The molecule has 1 aliphatic rings. The maximum absolute atomic E-state index is 11.6. The molecule has 1 amide bonds. The Morgan fingerprint density at radius 1 is 1.35 bits per heavy atom. The first-order chi connectivity index (χ1) is 9.83. The predicted octanol–water partition coefficient (Wildman–Crippen LogP) is 0.635. The molecule has 2 N–H and O–H groups in total. The van der Waals surface area contributed by atoms with Crippen molar-refractivity contribution in [3.05, 3.63) is 42.2 Å². The molecule has 6 heteroatoms. The van der Waals surface area contributed by atoms with E-state index in [-0.39, 0.29) is 11.9 Å². The van der Waals surface area contributed by atoms with Gasteiger partial charge >= 0.3 is 0 Å². The lowest BCUT2D eigenvalue weighted by atomic mass is 10.1. The molecule has 0 radical (unpaired) electrons. The van der Waals surface area contributed by atoms with Crippen LogP contribution in [0.5, 0.6) is 0 Å². The van der Waals surface area contributed by atoms with Crippen molar-refractivity contribution in [2.24, 2.45) is 0 Å². The molecule has 0 saturated carbocycles.